The van der Waals surface area contributed by atoms with E-state index in [1.54, 1.807) is 19.2 Å². The summed E-state index contributed by atoms with van der Waals surface area (Å²) in [6, 6.07) is 5.92. The third kappa shape index (κ3) is 5.25. The fourth-order valence-electron chi connectivity index (χ4n) is 1.71. The largest absolute Gasteiger partial charge is 0.383 e. The average Bonchev–Trinajstić information content (AvgIpc) is 2.29. The van der Waals surface area contributed by atoms with Crippen molar-refractivity contribution in [3.8, 4) is 0 Å². The van der Waals surface area contributed by atoms with Crippen LogP contribution >= 0.6 is 0 Å². The molecule has 1 rings (SSSR count). The summed E-state index contributed by atoms with van der Waals surface area (Å²) < 4.78 is 17.9. The van der Waals surface area contributed by atoms with Crippen LogP contribution in [0.3, 0.4) is 0 Å². The van der Waals surface area contributed by atoms with Crippen LogP contribution in [-0.2, 0) is 16.0 Å². The number of methoxy groups -OCH3 is 1. The number of halogens is 1. The lowest BCUT2D eigenvalue weighted by atomic mass is 10.1. The Labute approximate surface area is 106 Å². The van der Waals surface area contributed by atoms with Gasteiger partial charge in [-0.25, -0.2) is 4.39 Å². The van der Waals surface area contributed by atoms with Crippen LogP contribution in [0.15, 0.2) is 24.3 Å². The number of carbonyl (C=O) groups excluding carboxylic acids is 1. The van der Waals surface area contributed by atoms with Gasteiger partial charge < -0.3 is 15.8 Å². The molecule has 1 unspecified atom stereocenters. The third-order valence-electron chi connectivity index (χ3n) is 2.50. The molecular weight excluding hydrogens is 235 g/mol. The standard InChI is InChI=1S/C13H19FN2O2/c1-18-9-12(5-6-15)16-13(17)8-10-3-2-4-11(14)7-10/h2-4,7,12H,5-6,8-9,15H2,1H3,(H,16,17). The Morgan fingerprint density at radius 2 is 2.33 bits per heavy atom. The lowest BCUT2D eigenvalue weighted by Gasteiger charge is -2.17. The van der Waals surface area contributed by atoms with Crippen LogP contribution in [-0.4, -0.2) is 32.2 Å². The highest BCUT2D eigenvalue weighted by molar-refractivity contribution is 5.78. The van der Waals surface area contributed by atoms with E-state index in [0.717, 1.165) is 0 Å². The van der Waals surface area contributed by atoms with Crippen LogP contribution in [0.25, 0.3) is 0 Å². The Morgan fingerprint density at radius 1 is 1.56 bits per heavy atom. The number of hydrogen-bond acceptors (Lipinski definition) is 3. The number of nitrogens with one attached hydrogen (secondary N) is 1. The summed E-state index contributed by atoms with van der Waals surface area (Å²) in [5.74, 6) is -0.494. The molecule has 1 aromatic carbocycles. The predicted molar refractivity (Wildman–Crippen MR) is 67.6 cm³/mol. The van der Waals surface area contributed by atoms with Gasteiger partial charge in [-0.1, -0.05) is 12.1 Å². The Balaban J connectivity index is 2.49. The second-order valence-electron chi connectivity index (χ2n) is 4.10. The molecule has 0 radical (unpaired) electrons. The van der Waals surface area contributed by atoms with E-state index in [1.807, 2.05) is 0 Å². The maximum atomic E-state index is 13.0. The second-order valence-corrected chi connectivity index (χ2v) is 4.10. The first-order valence-corrected chi connectivity index (χ1v) is 5.88. The van der Waals surface area contributed by atoms with Crippen molar-refractivity contribution in [2.24, 2.45) is 5.73 Å². The Bertz CT molecular complexity index is 379. The second kappa shape index (κ2) is 7.79. The fourth-order valence-corrected chi connectivity index (χ4v) is 1.71. The van der Waals surface area contributed by atoms with Crippen LogP contribution in [0.5, 0.6) is 0 Å². The molecule has 3 N–H and O–H groups in total. The Morgan fingerprint density at radius 3 is 2.94 bits per heavy atom. The predicted octanol–water partition coefficient (Wildman–Crippen LogP) is 0.848. The molecule has 1 amide bonds. The van der Waals surface area contributed by atoms with Gasteiger partial charge in [-0.2, -0.15) is 0 Å². The Hall–Kier alpha value is -1.46. The topological polar surface area (TPSA) is 64.3 Å². The first kappa shape index (κ1) is 14.6. The van der Waals surface area contributed by atoms with E-state index in [2.05, 4.69) is 5.32 Å². The van der Waals surface area contributed by atoms with E-state index >= 15 is 0 Å². The first-order chi connectivity index (χ1) is 8.65. The molecule has 0 fully saturated rings. The van der Waals surface area contributed by atoms with Gasteiger partial charge in [-0.15, -0.1) is 0 Å². The molecule has 5 heteroatoms. The van der Waals surface area contributed by atoms with E-state index in [1.165, 1.54) is 12.1 Å². The molecule has 0 aliphatic rings. The van der Waals surface area contributed by atoms with Gasteiger partial charge in [0.15, 0.2) is 0 Å². The van der Waals surface area contributed by atoms with Crippen molar-refractivity contribution in [3.05, 3.63) is 35.6 Å². The van der Waals surface area contributed by atoms with E-state index < -0.39 is 0 Å². The molecule has 4 nitrogen and oxygen atoms in total. The molecule has 0 aliphatic carbocycles. The summed E-state index contributed by atoms with van der Waals surface area (Å²) in [5, 5.41) is 2.82. The zero-order valence-electron chi connectivity index (χ0n) is 10.5. The number of benzene rings is 1. The summed E-state index contributed by atoms with van der Waals surface area (Å²) >= 11 is 0. The minimum atomic E-state index is -0.337. The molecule has 0 bridgehead atoms. The lowest BCUT2D eigenvalue weighted by molar-refractivity contribution is -0.121. The Kier molecular flexibility index (Phi) is 6.32. The summed E-state index contributed by atoms with van der Waals surface area (Å²) in [7, 11) is 1.57. The fraction of sp³-hybridized carbons (Fsp3) is 0.462. The number of amides is 1. The highest BCUT2D eigenvalue weighted by Gasteiger charge is 2.11. The highest BCUT2D eigenvalue weighted by atomic mass is 19.1. The smallest absolute Gasteiger partial charge is 0.224 e. The quantitative estimate of drug-likeness (QED) is 0.758. The molecule has 0 aliphatic heterocycles. The van der Waals surface area contributed by atoms with Gasteiger partial charge in [0.05, 0.1) is 19.1 Å². The number of ether oxygens (including phenoxy) is 1. The first-order valence-electron chi connectivity index (χ1n) is 5.88. The lowest BCUT2D eigenvalue weighted by Crippen LogP contribution is -2.40. The molecule has 0 spiro atoms. The van der Waals surface area contributed by atoms with Crippen molar-refractivity contribution in [1.29, 1.82) is 0 Å². The SMILES string of the molecule is COCC(CCN)NC(=O)Cc1cccc(F)c1. The van der Waals surface area contributed by atoms with Crippen molar-refractivity contribution in [2.45, 2.75) is 18.9 Å². The molecule has 100 valence electrons. The summed E-state index contributed by atoms with van der Waals surface area (Å²) in [6.45, 7) is 0.903. The van der Waals surface area contributed by atoms with Crippen molar-refractivity contribution in [3.63, 3.8) is 0 Å². The van der Waals surface area contributed by atoms with Crippen LogP contribution in [0.2, 0.25) is 0 Å². The van der Waals surface area contributed by atoms with Crippen LogP contribution in [0.1, 0.15) is 12.0 Å². The van der Waals surface area contributed by atoms with Crippen LogP contribution in [0.4, 0.5) is 4.39 Å². The normalized spacial score (nSPS) is 12.2. The maximum absolute atomic E-state index is 13.0. The molecule has 18 heavy (non-hydrogen) atoms. The van der Waals surface area contributed by atoms with E-state index in [0.29, 0.717) is 25.1 Å². The summed E-state index contributed by atoms with van der Waals surface area (Å²) in [5.41, 5.74) is 6.10. The van der Waals surface area contributed by atoms with E-state index in [-0.39, 0.29) is 24.2 Å². The van der Waals surface area contributed by atoms with Gasteiger partial charge in [0.1, 0.15) is 5.82 Å². The van der Waals surface area contributed by atoms with Gasteiger partial charge in [0, 0.05) is 7.11 Å². The van der Waals surface area contributed by atoms with E-state index in [9.17, 15) is 9.18 Å². The zero-order chi connectivity index (χ0) is 13.4. The number of hydrogen-bond donors (Lipinski definition) is 2. The van der Waals surface area contributed by atoms with Crippen molar-refractivity contribution >= 4 is 5.91 Å². The van der Waals surface area contributed by atoms with Crippen LogP contribution < -0.4 is 11.1 Å². The minimum Gasteiger partial charge on any atom is -0.383 e. The van der Waals surface area contributed by atoms with Gasteiger partial charge in [-0.3, -0.25) is 4.79 Å². The molecule has 1 aromatic rings. The molecule has 0 saturated heterocycles. The maximum Gasteiger partial charge on any atom is 0.224 e. The highest BCUT2D eigenvalue weighted by Crippen LogP contribution is 2.04. The zero-order valence-corrected chi connectivity index (χ0v) is 10.5. The number of carbonyl (C=O) groups is 1. The van der Waals surface area contributed by atoms with Gasteiger partial charge in [-0.05, 0) is 30.7 Å². The molecule has 0 aromatic heterocycles. The third-order valence-corrected chi connectivity index (χ3v) is 2.50. The minimum absolute atomic E-state index is 0.0962. The molecule has 0 heterocycles. The van der Waals surface area contributed by atoms with E-state index in [4.69, 9.17) is 10.5 Å². The molecular formula is C13H19FN2O2. The van der Waals surface area contributed by atoms with Crippen LogP contribution in [0, 0.1) is 5.82 Å². The van der Waals surface area contributed by atoms with Gasteiger partial charge in [0.2, 0.25) is 5.91 Å². The molecule has 0 saturated carbocycles. The van der Waals surface area contributed by atoms with Gasteiger partial charge in [0.25, 0.3) is 0 Å². The monoisotopic (exact) mass is 254 g/mol. The number of nitrogens with two attached hydrogens (primary N) is 1. The molecule has 1 atom stereocenters. The number of rotatable bonds is 7. The van der Waals surface area contributed by atoms with Gasteiger partial charge >= 0.3 is 0 Å². The van der Waals surface area contributed by atoms with Crippen molar-refractivity contribution < 1.29 is 13.9 Å². The average molecular weight is 254 g/mol. The summed E-state index contributed by atoms with van der Waals surface area (Å²) in [4.78, 5) is 11.8. The summed E-state index contributed by atoms with van der Waals surface area (Å²) in [6.07, 6.45) is 0.811. The van der Waals surface area contributed by atoms with Crippen molar-refractivity contribution in [2.75, 3.05) is 20.3 Å². The van der Waals surface area contributed by atoms with Crippen molar-refractivity contribution in [1.82, 2.24) is 5.32 Å².